The summed E-state index contributed by atoms with van der Waals surface area (Å²) in [7, 11) is -1.81. The second-order valence-electron chi connectivity index (χ2n) is 6.74. The predicted molar refractivity (Wildman–Crippen MR) is 92.0 cm³/mol. The van der Waals surface area contributed by atoms with E-state index in [0.29, 0.717) is 12.8 Å². The van der Waals surface area contributed by atoms with Crippen LogP contribution in [-0.2, 0) is 14.8 Å². The van der Waals surface area contributed by atoms with Crippen LogP contribution in [0.15, 0.2) is 29.2 Å². The minimum Gasteiger partial charge on any atom is -0.340 e. The van der Waals surface area contributed by atoms with Crippen molar-refractivity contribution in [2.24, 2.45) is 5.92 Å². The van der Waals surface area contributed by atoms with Crippen molar-refractivity contribution in [2.75, 3.05) is 46.3 Å². The number of halogens is 1. The standard InChI is InChI=1S/C17H24FN3O3S/c1-19-10-12-20(13-11-19)17(22)14-6-8-21(9-7-14)25(23,24)16-5-3-2-4-15(16)18/h2-5,14H,6-13H2,1H3. The molecule has 0 N–H and O–H groups in total. The van der Waals surface area contributed by atoms with Crippen LogP contribution < -0.4 is 0 Å². The van der Waals surface area contributed by atoms with Crippen LogP contribution in [0.3, 0.4) is 0 Å². The van der Waals surface area contributed by atoms with Crippen LogP contribution in [-0.4, -0.2) is 74.7 Å². The van der Waals surface area contributed by atoms with Crippen molar-refractivity contribution in [3.63, 3.8) is 0 Å². The second kappa shape index (κ2) is 7.39. The molecule has 2 aliphatic rings. The number of piperidine rings is 1. The van der Waals surface area contributed by atoms with E-state index in [1.54, 1.807) is 0 Å². The Balaban J connectivity index is 1.62. The molecule has 8 heteroatoms. The zero-order valence-electron chi connectivity index (χ0n) is 14.4. The average Bonchev–Trinajstić information content (AvgIpc) is 2.62. The molecule has 0 spiro atoms. The van der Waals surface area contributed by atoms with Crippen molar-refractivity contribution in [1.82, 2.24) is 14.1 Å². The van der Waals surface area contributed by atoms with Gasteiger partial charge in [0, 0.05) is 45.2 Å². The van der Waals surface area contributed by atoms with Crippen molar-refractivity contribution in [3.05, 3.63) is 30.1 Å². The van der Waals surface area contributed by atoms with E-state index in [1.807, 2.05) is 11.9 Å². The molecule has 0 aromatic heterocycles. The minimum atomic E-state index is -3.85. The van der Waals surface area contributed by atoms with Crippen molar-refractivity contribution in [1.29, 1.82) is 0 Å². The topological polar surface area (TPSA) is 60.9 Å². The number of carbonyl (C=O) groups is 1. The van der Waals surface area contributed by atoms with E-state index in [1.165, 1.54) is 22.5 Å². The number of nitrogens with zero attached hydrogens (tertiary/aromatic N) is 3. The van der Waals surface area contributed by atoms with E-state index in [2.05, 4.69) is 4.90 Å². The fraction of sp³-hybridized carbons (Fsp3) is 0.588. The third-order valence-electron chi connectivity index (χ3n) is 5.07. The number of likely N-dealkylation sites (N-methyl/N-ethyl adjacent to an activating group) is 1. The van der Waals surface area contributed by atoms with Crippen LogP contribution in [0.5, 0.6) is 0 Å². The molecule has 2 aliphatic heterocycles. The summed E-state index contributed by atoms with van der Waals surface area (Å²) in [6.45, 7) is 3.69. The van der Waals surface area contributed by atoms with Gasteiger partial charge in [0.2, 0.25) is 15.9 Å². The molecule has 0 radical (unpaired) electrons. The molecule has 0 saturated carbocycles. The second-order valence-corrected chi connectivity index (χ2v) is 8.64. The minimum absolute atomic E-state index is 0.121. The largest absolute Gasteiger partial charge is 0.340 e. The fourth-order valence-electron chi connectivity index (χ4n) is 3.42. The van der Waals surface area contributed by atoms with Gasteiger partial charge in [0.25, 0.3) is 0 Å². The monoisotopic (exact) mass is 369 g/mol. The third-order valence-corrected chi connectivity index (χ3v) is 7.00. The lowest BCUT2D eigenvalue weighted by molar-refractivity contribution is -0.138. The first-order valence-electron chi connectivity index (χ1n) is 8.61. The first-order chi connectivity index (χ1) is 11.9. The number of hydrogen-bond acceptors (Lipinski definition) is 4. The van der Waals surface area contributed by atoms with E-state index < -0.39 is 15.8 Å². The van der Waals surface area contributed by atoms with Gasteiger partial charge in [-0.3, -0.25) is 4.79 Å². The number of sulfonamides is 1. The normalized spacial score (nSPS) is 21.4. The molecule has 1 aromatic carbocycles. The SMILES string of the molecule is CN1CCN(C(=O)C2CCN(S(=O)(=O)c3ccccc3F)CC2)CC1. The molecular weight excluding hydrogens is 345 g/mol. The summed E-state index contributed by atoms with van der Waals surface area (Å²) in [5, 5.41) is 0. The molecule has 1 amide bonds. The van der Waals surface area contributed by atoms with Gasteiger partial charge >= 0.3 is 0 Å². The van der Waals surface area contributed by atoms with E-state index in [9.17, 15) is 17.6 Å². The Bertz CT molecular complexity index is 724. The summed E-state index contributed by atoms with van der Waals surface area (Å²) in [6, 6.07) is 5.41. The average molecular weight is 369 g/mol. The molecule has 0 unspecified atom stereocenters. The molecule has 6 nitrogen and oxygen atoms in total. The lowest BCUT2D eigenvalue weighted by Gasteiger charge is -2.37. The lowest BCUT2D eigenvalue weighted by Crippen LogP contribution is -2.51. The predicted octanol–water partition coefficient (Wildman–Crippen LogP) is 1.00. The van der Waals surface area contributed by atoms with Crippen molar-refractivity contribution in [3.8, 4) is 0 Å². The van der Waals surface area contributed by atoms with Gasteiger partial charge < -0.3 is 9.80 Å². The Kier molecular flexibility index (Phi) is 5.41. The molecule has 0 atom stereocenters. The van der Waals surface area contributed by atoms with E-state index in [-0.39, 0.29) is 29.8 Å². The number of carbonyl (C=O) groups excluding carboxylic acids is 1. The number of rotatable bonds is 3. The molecule has 0 bridgehead atoms. The fourth-order valence-corrected chi connectivity index (χ4v) is 4.96. The maximum atomic E-state index is 13.8. The molecule has 0 aliphatic carbocycles. The maximum absolute atomic E-state index is 13.8. The van der Waals surface area contributed by atoms with Crippen LogP contribution in [0.2, 0.25) is 0 Å². The zero-order chi connectivity index (χ0) is 18.0. The highest BCUT2D eigenvalue weighted by Gasteiger charge is 2.35. The number of hydrogen-bond donors (Lipinski definition) is 0. The Labute approximate surface area is 148 Å². The Morgan fingerprint density at radius 3 is 2.24 bits per heavy atom. The highest BCUT2D eigenvalue weighted by atomic mass is 32.2. The molecule has 2 saturated heterocycles. The summed E-state index contributed by atoms with van der Waals surface area (Å²) in [5.41, 5.74) is 0. The number of piperazine rings is 1. The number of amides is 1. The summed E-state index contributed by atoms with van der Waals surface area (Å²) in [5.74, 6) is -0.760. The molecule has 1 aromatic rings. The lowest BCUT2D eigenvalue weighted by atomic mass is 9.96. The molecule has 2 heterocycles. The summed E-state index contributed by atoms with van der Waals surface area (Å²) < 4.78 is 40.4. The van der Waals surface area contributed by atoms with Gasteiger partial charge in [0.1, 0.15) is 10.7 Å². The van der Waals surface area contributed by atoms with Crippen LogP contribution in [0.1, 0.15) is 12.8 Å². The summed E-state index contributed by atoms with van der Waals surface area (Å²) in [6.07, 6.45) is 0.970. The van der Waals surface area contributed by atoms with Gasteiger partial charge in [-0.15, -0.1) is 0 Å². The van der Waals surface area contributed by atoms with E-state index in [4.69, 9.17) is 0 Å². The summed E-state index contributed by atoms with van der Waals surface area (Å²) >= 11 is 0. The Hall–Kier alpha value is -1.51. The first-order valence-corrected chi connectivity index (χ1v) is 10.1. The Morgan fingerprint density at radius 1 is 1.04 bits per heavy atom. The Morgan fingerprint density at radius 2 is 1.64 bits per heavy atom. The van der Waals surface area contributed by atoms with Crippen molar-refractivity contribution >= 4 is 15.9 Å². The number of benzene rings is 1. The zero-order valence-corrected chi connectivity index (χ0v) is 15.2. The van der Waals surface area contributed by atoms with Crippen LogP contribution in [0.25, 0.3) is 0 Å². The quantitative estimate of drug-likeness (QED) is 0.798. The first kappa shape index (κ1) is 18.3. The van der Waals surface area contributed by atoms with Crippen molar-refractivity contribution in [2.45, 2.75) is 17.7 Å². The molecule has 3 rings (SSSR count). The van der Waals surface area contributed by atoms with Gasteiger partial charge in [-0.2, -0.15) is 4.31 Å². The van der Waals surface area contributed by atoms with E-state index in [0.717, 1.165) is 32.2 Å². The highest BCUT2D eigenvalue weighted by Crippen LogP contribution is 2.26. The van der Waals surface area contributed by atoms with Gasteiger partial charge in [0.15, 0.2) is 0 Å². The van der Waals surface area contributed by atoms with Gasteiger partial charge in [0.05, 0.1) is 0 Å². The molecular formula is C17H24FN3O3S. The summed E-state index contributed by atoms with van der Waals surface area (Å²) in [4.78, 5) is 16.4. The molecule has 138 valence electrons. The molecule has 2 fully saturated rings. The van der Waals surface area contributed by atoms with Crippen molar-refractivity contribution < 1.29 is 17.6 Å². The van der Waals surface area contributed by atoms with E-state index >= 15 is 0 Å². The smallest absolute Gasteiger partial charge is 0.245 e. The van der Waals surface area contributed by atoms with Crippen LogP contribution >= 0.6 is 0 Å². The van der Waals surface area contributed by atoms with Gasteiger partial charge in [-0.05, 0) is 32.0 Å². The third kappa shape index (κ3) is 3.86. The highest BCUT2D eigenvalue weighted by molar-refractivity contribution is 7.89. The molecule has 25 heavy (non-hydrogen) atoms. The van der Waals surface area contributed by atoms with Crippen LogP contribution in [0.4, 0.5) is 4.39 Å². The van der Waals surface area contributed by atoms with Gasteiger partial charge in [-0.25, -0.2) is 12.8 Å². The maximum Gasteiger partial charge on any atom is 0.245 e. The van der Waals surface area contributed by atoms with Crippen LogP contribution in [0, 0.1) is 11.7 Å². The van der Waals surface area contributed by atoms with Gasteiger partial charge in [-0.1, -0.05) is 12.1 Å².